The van der Waals surface area contributed by atoms with Crippen LogP contribution < -0.4 is 16.2 Å². The van der Waals surface area contributed by atoms with Crippen molar-refractivity contribution in [3.8, 4) is 5.82 Å². The van der Waals surface area contributed by atoms with E-state index >= 15 is 0 Å². The van der Waals surface area contributed by atoms with Gasteiger partial charge >= 0.3 is 12.1 Å². The fourth-order valence-corrected chi connectivity index (χ4v) is 3.57. The van der Waals surface area contributed by atoms with Gasteiger partial charge in [0.15, 0.2) is 5.82 Å². The molecule has 166 valence electrons. The van der Waals surface area contributed by atoms with Gasteiger partial charge in [-0.3, -0.25) is 10.2 Å². The highest BCUT2D eigenvalue weighted by molar-refractivity contribution is 9.10. The predicted octanol–water partition coefficient (Wildman–Crippen LogP) is 3.90. The molecule has 0 radical (unpaired) electrons. The number of ether oxygens (including phenoxy) is 1. The minimum Gasteiger partial charge on any atom is -0.372 e. The summed E-state index contributed by atoms with van der Waals surface area (Å²) in [6.45, 7) is 1.63. The average molecular weight is 542 g/mol. The number of rotatable bonds is 5. The van der Waals surface area contributed by atoms with Gasteiger partial charge in [0, 0.05) is 24.3 Å². The lowest BCUT2D eigenvalue weighted by atomic mass is 10.1. The number of aryl methyl sites for hydroxylation is 1. The molecule has 0 saturated carbocycles. The predicted molar refractivity (Wildman–Crippen MR) is 121 cm³/mol. The first-order valence-corrected chi connectivity index (χ1v) is 10.4. The maximum Gasteiger partial charge on any atom is 0.429 e. The Morgan fingerprint density at radius 2 is 1.94 bits per heavy atom. The maximum absolute atomic E-state index is 13.1. The van der Waals surface area contributed by atoms with Crippen LogP contribution in [-0.2, 0) is 4.74 Å². The third kappa shape index (κ3) is 5.25. The molecule has 2 aromatic heterocycles. The van der Waals surface area contributed by atoms with Crippen molar-refractivity contribution < 1.29 is 19.1 Å². The van der Waals surface area contributed by atoms with Crippen molar-refractivity contribution in [2.24, 2.45) is 0 Å². The molecule has 0 aliphatic heterocycles. The van der Waals surface area contributed by atoms with E-state index in [2.05, 4.69) is 42.2 Å². The zero-order chi connectivity index (χ0) is 23.4. The topological polar surface area (TPSA) is 127 Å². The summed E-state index contributed by atoms with van der Waals surface area (Å²) < 4.78 is 6.33. The molecule has 0 bridgehead atoms. The van der Waals surface area contributed by atoms with E-state index in [0.29, 0.717) is 10.2 Å². The van der Waals surface area contributed by atoms with E-state index in [4.69, 9.17) is 27.9 Å². The lowest BCUT2D eigenvalue weighted by molar-refractivity contribution is 0.0618. The van der Waals surface area contributed by atoms with E-state index in [1.165, 1.54) is 30.1 Å². The SMILES string of the molecule is CNNC(=O)OC(=O)c1cc(Cl)cc(C)c1NC(=O)c1cc(Br)nn1-c1ncccc1Cl. The van der Waals surface area contributed by atoms with Crippen molar-refractivity contribution in [2.75, 3.05) is 12.4 Å². The first kappa shape index (κ1) is 23.7. The van der Waals surface area contributed by atoms with Gasteiger partial charge in [0.1, 0.15) is 10.3 Å². The average Bonchev–Trinajstić information content (AvgIpc) is 3.11. The third-order valence-electron chi connectivity index (χ3n) is 4.02. The zero-order valence-corrected chi connectivity index (χ0v) is 19.7. The number of nitrogens with zero attached hydrogens (tertiary/aromatic N) is 3. The first-order valence-electron chi connectivity index (χ1n) is 8.88. The van der Waals surface area contributed by atoms with Crippen molar-refractivity contribution in [2.45, 2.75) is 6.92 Å². The Balaban J connectivity index is 1.98. The standard InChI is InChI=1S/C19H15BrCl2N6O4/c1-9-6-10(21)7-11(18(30)32-19(31)26-23-2)15(9)25-17(29)13-8-14(20)27-28(13)16-12(22)4-3-5-24-16/h3-8,23H,1-2H3,(H,25,29)(H,26,31). The van der Waals surface area contributed by atoms with Gasteiger partial charge in [-0.2, -0.15) is 5.10 Å². The van der Waals surface area contributed by atoms with Crippen molar-refractivity contribution >= 4 is 62.8 Å². The van der Waals surface area contributed by atoms with E-state index in [-0.39, 0.29) is 32.8 Å². The highest BCUT2D eigenvalue weighted by Crippen LogP contribution is 2.28. The Labute approximate surface area is 200 Å². The Morgan fingerprint density at radius 1 is 1.19 bits per heavy atom. The number of hydrazine groups is 1. The van der Waals surface area contributed by atoms with Crippen LogP contribution in [0.5, 0.6) is 0 Å². The van der Waals surface area contributed by atoms with E-state index in [9.17, 15) is 14.4 Å². The highest BCUT2D eigenvalue weighted by Gasteiger charge is 2.24. The van der Waals surface area contributed by atoms with Gasteiger partial charge in [0.05, 0.1) is 16.3 Å². The van der Waals surface area contributed by atoms with Crippen LogP contribution in [0.15, 0.2) is 41.1 Å². The summed E-state index contributed by atoms with van der Waals surface area (Å²) in [5.74, 6) is -1.40. The number of amides is 2. The van der Waals surface area contributed by atoms with Gasteiger partial charge < -0.3 is 10.1 Å². The molecule has 1 aromatic carbocycles. The lowest BCUT2D eigenvalue weighted by Gasteiger charge is -2.14. The van der Waals surface area contributed by atoms with Crippen LogP contribution in [0.2, 0.25) is 10.0 Å². The summed E-state index contributed by atoms with van der Waals surface area (Å²) in [7, 11) is 1.43. The van der Waals surface area contributed by atoms with E-state index in [1.54, 1.807) is 25.1 Å². The number of benzene rings is 1. The molecule has 3 N–H and O–H groups in total. The number of pyridine rings is 1. The van der Waals surface area contributed by atoms with Crippen molar-refractivity contribution in [3.63, 3.8) is 0 Å². The fourth-order valence-electron chi connectivity index (χ4n) is 2.72. The number of carbonyl (C=O) groups is 3. The Hall–Kier alpha value is -2.99. The number of aromatic nitrogens is 3. The summed E-state index contributed by atoms with van der Waals surface area (Å²) in [5, 5.41) is 7.36. The van der Waals surface area contributed by atoms with Crippen LogP contribution in [0.4, 0.5) is 10.5 Å². The van der Waals surface area contributed by atoms with E-state index in [0.717, 1.165) is 0 Å². The molecule has 0 atom stereocenters. The van der Waals surface area contributed by atoms with Crippen LogP contribution in [-0.4, -0.2) is 39.8 Å². The van der Waals surface area contributed by atoms with E-state index < -0.39 is 18.0 Å². The minimum atomic E-state index is -1.03. The number of esters is 1. The summed E-state index contributed by atoms with van der Waals surface area (Å²) in [5.41, 5.74) is 4.99. The van der Waals surface area contributed by atoms with Crippen molar-refractivity contribution in [1.29, 1.82) is 0 Å². The number of anilines is 1. The van der Waals surface area contributed by atoms with Crippen LogP contribution in [0.3, 0.4) is 0 Å². The van der Waals surface area contributed by atoms with Crippen LogP contribution in [0, 0.1) is 6.92 Å². The Morgan fingerprint density at radius 3 is 2.62 bits per heavy atom. The molecule has 3 aromatic rings. The van der Waals surface area contributed by atoms with Gasteiger partial charge in [-0.05, 0) is 52.7 Å². The molecular formula is C19H15BrCl2N6O4. The molecule has 3 rings (SSSR count). The van der Waals surface area contributed by atoms with Gasteiger partial charge in [-0.25, -0.2) is 24.7 Å². The highest BCUT2D eigenvalue weighted by atomic mass is 79.9. The summed E-state index contributed by atoms with van der Waals surface area (Å²) in [6.07, 6.45) is 0.478. The molecular weight excluding hydrogens is 527 g/mol. The number of hydrogen-bond donors (Lipinski definition) is 3. The molecule has 2 heterocycles. The Kier molecular flexibility index (Phi) is 7.46. The second kappa shape index (κ2) is 10.1. The number of hydrogen-bond acceptors (Lipinski definition) is 7. The van der Waals surface area contributed by atoms with Crippen LogP contribution in [0.25, 0.3) is 5.82 Å². The molecule has 0 spiro atoms. The monoisotopic (exact) mass is 540 g/mol. The number of nitrogens with one attached hydrogen (secondary N) is 3. The normalized spacial score (nSPS) is 10.5. The fraction of sp³-hybridized carbons (Fsp3) is 0.105. The molecule has 0 unspecified atom stereocenters. The van der Waals surface area contributed by atoms with Gasteiger partial charge in [-0.15, -0.1) is 0 Å². The third-order valence-corrected chi connectivity index (χ3v) is 4.92. The van der Waals surface area contributed by atoms with Gasteiger partial charge in [-0.1, -0.05) is 23.2 Å². The Bertz CT molecular complexity index is 1220. The van der Waals surface area contributed by atoms with Crippen LogP contribution in [0.1, 0.15) is 26.4 Å². The first-order chi connectivity index (χ1) is 15.2. The number of carbonyl (C=O) groups excluding carboxylic acids is 3. The summed E-state index contributed by atoms with van der Waals surface area (Å²) in [6, 6.07) is 7.54. The lowest BCUT2D eigenvalue weighted by Crippen LogP contribution is -2.36. The molecule has 0 fully saturated rings. The minimum absolute atomic E-state index is 0.0825. The molecule has 13 heteroatoms. The molecule has 32 heavy (non-hydrogen) atoms. The molecule has 10 nitrogen and oxygen atoms in total. The molecule has 2 amide bonds. The second-order valence-electron chi connectivity index (χ2n) is 6.22. The number of halogens is 3. The van der Waals surface area contributed by atoms with Gasteiger partial charge in [0.2, 0.25) is 0 Å². The second-order valence-corrected chi connectivity index (χ2v) is 7.88. The van der Waals surface area contributed by atoms with Crippen molar-refractivity contribution in [3.05, 3.63) is 68.0 Å². The van der Waals surface area contributed by atoms with Gasteiger partial charge in [0.25, 0.3) is 5.91 Å². The summed E-state index contributed by atoms with van der Waals surface area (Å²) >= 11 is 15.5. The molecule has 0 saturated heterocycles. The molecule has 0 aliphatic rings. The van der Waals surface area contributed by atoms with E-state index in [1.807, 2.05) is 0 Å². The quantitative estimate of drug-likeness (QED) is 0.254. The maximum atomic E-state index is 13.1. The largest absolute Gasteiger partial charge is 0.429 e. The zero-order valence-electron chi connectivity index (χ0n) is 16.6. The van der Waals surface area contributed by atoms with Crippen molar-refractivity contribution in [1.82, 2.24) is 25.6 Å². The van der Waals surface area contributed by atoms with Crippen LogP contribution >= 0.6 is 39.1 Å². The molecule has 0 aliphatic carbocycles. The smallest absolute Gasteiger partial charge is 0.372 e. The summed E-state index contributed by atoms with van der Waals surface area (Å²) in [4.78, 5) is 41.4.